The van der Waals surface area contributed by atoms with Crippen LogP contribution in [0.1, 0.15) is 10.4 Å². The van der Waals surface area contributed by atoms with Gasteiger partial charge in [0.1, 0.15) is 0 Å². The highest BCUT2D eigenvalue weighted by Gasteiger charge is 2.14. The van der Waals surface area contributed by atoms with Crippen LogP contribution in [0.25, 0.3) is 22.0 Å². The van der Waals surface area contributed by atoms with Gasteiger partial charge in [-0.2, -0.15) is 0 Å². The lowest BCUT2D eigenvalue weighted by molar-refractivity contribution is -0.384. The lowest BCUT2D eigenvalue weighted by Crippen LogP contribution is -2.32. The first-order valence-electron chi connectivity index (χ1n) is 9.27. The summed E-state index contributed by atoms with van der Waals surface area (Å²) >= 11 is 1.29. The third-order valence-electron chi connectivity index (χ3n) is 4.54. The van der Waals surface area contributed by atoms with Crippen LogP contribution in [0.5, 0.6) is 0 Å². The van der Waals surface area contributed by atoms with E-state index in [1.165, 1.54) is 29.5 Å². The molecule has 0 spiro atoms. The van der Waals surface area contributed by atoms with Crippen LogP contribution < -0.4 is 10.6 Å². The summed E-state index contributed by atoms with van der Waals surface area (Å²) in [6.07, 6.45) is 0. The quantitative estimate of drug-likeness (QED) is 0.349. The van der Waals surface area contributed by atoms with Crippen molar-refractivity contribution in [3.05, 3.63) is 87.8 Å². The molecule has 9 heteroatoms. The molecule has 0 bridgehead atoms. The summed E-state index contributed by atoms with van der Waals surface area (Å²) in [6, 6.07) is 19.2. The number of nitro groups is 1. The maximum atomic E-state index is 12.2. The first-order valence-corrected chi connectivity index (χ1v) is 10.2. The maximum Gasteiger partial charge on any atom is 0.270 e. The van der Waals surface area contributed by atoms with E-state index in [1.54, 1.807) is 0 Å². The number of fused-ring (bicyclic) bond motifs is 1. The Morgan fingerprint density at radius 1 is 1.03 bits per heavy atom. The fraction of sp³-hybridized carbons (Fsp3) is 0.0455. The number of non-ortho nitro benzene ring substituents is 1. The van der Waals surface area contributed by atoms with Crippen molar-refractivity contribution in [2.45, 2.75) is 0 Å². The van der Waals surface area contributed by atoms with Crippen LogP contribution in [-0.4, -0.2) is 28.3 Å². The molecule has 1 heterocycles. The molecular weight excluding hydrogens is 416 g/mol. The van der Waals surface area contributed by atoms with Crippen LogP contribution in [0.3, 0.4) is 0 Å². The van der Waals surface area contributed by atoms with Crippen LogP contribution in [0.15, 0.2) is 72.1 Å². The highest BCUT2D eigenvalue weighted by atomic mass is 32.1. The number of aromatic nitrogens is 1. The molecule has 0 aliphatic heterocycles. The summed E-state index contributed by atoms with van der Waals surface area (Å²) in [4.78, 5) is 39.1. The van der Waals surface area contributed by atoms with E-state index in [4.69, 9.17) is 0 Å². The van der Waals surface area contributed by atoms with Gasteiger partial charge in [0.05, 0.1) is 17.2 Å². The molecule has 2 N–H and O–H groups in total. The van der Waals surface area contributed by atoms with Crippen molar-refractivity contribution in [1.29, 1.82) is 0 Å². The van der Waals surface area contributed by atoms with Crippen molar-refractivity contribution in [2.75, 3.05) is 11.9 Å². The van der Waals surface area contributed by atoms with Gasteiger partial charge in [0.2, 0.25) is 5.91 Å². The Morgan fingerprint density at radius 3 is 2.65 bits per heavy atom. The second-order valence-corrected chi connectivity index (χ2v) is 7.46. The van der Waals surface area contributed by atoms with Crippen molar-refractivity contribution in [2.24, 2.45) is 0 Å². The van der Waals surface area contributed by atoms with Gasteiger partial charge in [-0.1, -0.05) is 48.5 Å². The number of thiazole rings is 1. The number of amides is 2. The van der Waals surface area contributed by atoms with Gasteiger partial charge in [0.15, 0.2) is 5.13 Å². The van der Waals surface area contributed by atoms with Gasteiger partial charge in [-0.25, -0.2) is 4.98 Å². The second kappa shape index (κ2) is 8.72. The molecule has 8 nitrogen and oxygen atoms in total. The molecule has 0 saturated carbocycles. The molecule has 2 amide bonds. The molecule has 0 aliphatic carbocycles. The van der Waals surface area contributed by atoms with Gasteiger partial charge in [-0.05, 0) is 16.8 Å². The van der Waals surface area contributed by atoms with E-state index in [0.717, 1.165) is 28.1 Å². The van der Waals surface area contributed by atoms with Crippen molar-refractivity contribution >= 4 is 44.7 Å². The lowest BCUT2D eigenvalue weighted by Gasteiger charge is -2.05. The lowest BCUT2D eigenvalue weighted by atomic mass is 10.0. The molecule has 154 valence electrons. The van der Waals surface area contributed by atoms with E-state index in [0.29, 0.717) is 5.13 Å². The molecule has 0 radical (unpaired) electrons. The van der Waals surface area contributed by atoms with E-state index in [2.05, 4.69) is 15.6 Å². The zero-order valence-corrected chi connectivity index (χ0v) is 16.9. The summed E-state index contributed by atoms with van der Waals surface area (Å²) in [5.41, 5.74) is 1.63. The number of nitrogens with one attached hydrogen (secondary N) is 2. The number of benzene rings is 3. The molecule has 3 aromatic carbocycles. The fourth-order valence-electron chi connectivity index (χ4n) is 3.09. The van der Waals surface area contributed by atoms with Gasteiger partial charge in [-0.15, -0.1) is 11.3 Å². The number of carbonyl (C=O) groups excluding carboxylic acids is 2. The van der Waals surface area contributed by atoms with Gasteiger partial charge in [0, 0.05) is 28.6 Å². The summed E-state index contributed by atoms with van der Waals surface area (Å²) in [6.45, 7) is -0.287. The number of anilines is 1. The molecule has 0 atom stereocenters. The SMILES string of the molecule is O=C(CNC(=O)c1cccc([N+](=O)[O-])c1)Nc1nc(-c2cccc3ccccc23)cs1. The fourth-order valence-corrected chi connectivity index (χ4v) is 3.82. The summed E-state index contributed by atoms with van der Waals surface area (Å²) in [5, 5.41) is 20.4. The first-order chi connectivity index (χ1) is 15.0. The van der Waals surface area contributed by atoms with Crippen LogP contribution in [0, 0.1) is 10.1 Å². The zero-order chi connectivity index (χ0) is 21.8. The zero-order valence-electron chi connectivity index (χ0n) is 16.1. The number of hydrogen-bond acceptors (Lipinski definition) is 6. The molecule has 31 heavy (non-hydrogen) atoms. The van der Waals surface area contributed by atoms with Crippen LogP contribution in [-0.2, 0) is 4.79 Å². The Kier molecular flexibility index (Phi) is 5.67. The van der Waals surface area contributed by atoms with Crippen LogP contribution >= 0.6 is 11.3 Å². The predicted molar refractivity (Wildman–Crippen MR) is 119 cm³/mol. The summed E-state index contributed by atoms with van der Waals surface area (Å²) in [7, 11) is 0. The standard InChI is InChI=1S/C22H16N4O4S/c27-20(12-23-21(28)15-7-3-8-16(11-15)26(29)30)25-22-24-19(13-31-22)18-10-4-6-14-5-1-2-9-17(14)18/h1-11,13H,12H2,(H,23,28)(H,24,25,27). The Bertz CT molecular complexity index is 1300. The summed E-state index contributed by atoms with van der Waals surface area (Å²) in [5.74, 6) is -1.02. The largest absolute Gasteiger partial charge is 0.343 e. The smallest absolute Gasteiger partial charge is 0.270 e. The van der Waals surface area contributed by atoms with Crippen molar-refractivity contribution < 1.29 is 14.5 Å². The first kappa shape index (κ1) is 20.2. The molecule has 0 saturated heterocycles. The number of rotatable bonds is 6. The minimum atomic E-state index is -0.584. The van der Waals surface area contributed by atoms with Crippen molar-refractivity contribution in [1.82, 2.24) is 10.3 Å². The molecule has 0 aliphatic rings. The Labute approximate surface area is 180 Å². The van der Waals surface area contributed by atoms with E-state index >= 15 is 0 Å². The molecular formula is C22H16N4O4S. The number of hydrogen-bond donors (Lipinski definition) is 2. The van der Waals surface area contributed by atoms with E-state index in [-0.39, 0.29) is 17.8 Å². The van der Waals surface area contributed by atoms with Gasteiger partial charge < -0.3 is 10.6 Å². The third-order valence-corrected chi connectivity index (χ3v) is 5.30. The summed E-state index contributed by atoms with van der Waals surface area (Å²) < 4.78 is 0. The Morgan fingerprint density at radius 2 is 1.81 bits per heavy atom. The average molecular weight is 432 g/mol. The number of carbonyl (C=O) groups is 2. The molecule has 0 unspecified atom stereocenters. The van der Waals surface area contributed by atoms with Gasteiger partial charge >= 0.3 is 0 Å². The highest BCUT2D eigenvalue weighted by molar-refractivity contribution is 7.14. The van der Waals surface area contributed by atoms with Crippen LogP contribution in [0.2, 0.25) is 0 Å². The van der Waals surface area contributed by atoms with Gasteiger partial charge in [0.25, 0.3) is 11.6 Å². The molecule has 0 fully saturated rings. The topological polar surface area (TPSA) is 114 Å². The third kappa shape index (κ3) is 4.57. The average Bonchev–Trinajstić information content (AvgIpc) is 3.25. The van der Waals surface area contributed by atoms with E-state index < -0.39 is 16.7 Å². The van der Waals surface area contributed by atoms with E-state index in [9.17, 15) is 19.7 Å². The normalized spacial score (nSPS) is 10.6. The number of nitrogens with zero attached hydrogens (tertiary/aromatic N) is 2. The van der Waals surface area contributed by atoms with Crippen molar-refractivity contribution in [3.8, 4) is 11.3 Å². The van der Waals surface area contributed by atoms with Crippen LogP contribution in [0.4, 0.5) is 10.8 Å². The molecule has 4 aromatic rings. The molecule has 1 aromatic heterocycles. The second-order valence-electron chi connectivity index (χ2n) is 6.60. The monoisotopic (exact) mass is 432 g/mol. The minimum absolute atomic E-state index is 0.106. The Hall–Kier alpha value is -4.11. The maximum absolute atomic E-state index is 12.2. The van der Waals surface area contributed by atoms with Crippen molar-refractivity contribution in [3.63, 3.8) is 0 Å². The predicted octanol–water partition coefficient (Wildman–Crippen LogP) is 4.24. The minimum Gasteiger partial charge on any atom is -0.343 e. The Balaban J connectivity index is 1.40. The molecule has 4 rings (SSSR count). The van der Waals surface area contributed by atoms with E-state index in [1.807, 2.05) is 47.8 Å². The number of nitro benzene ring substituents is 1. The van der Waals surface area contributed by atoms with Gasteiger partial charge in [-0.3, -0.25) is 19.7 Å². The highest BCUT2D eigenvalue weighted by Crippen LogP contribution is 2.30.